The molecule has 2 saturated heterocycles. The Morgan fingerprint density at radius 2 is 1.89 bits per heavy atom. The van der Waals surface area contributed by atoms with Crippen LogP contribution in [0.2, 0.25) is 0 Å². The lowest BCUT2D eigenvalue weighted by atomic mass is 9.90. The molecule has 0 saturated carbocycles. The fraction of sp³-hybridized carbons (Fsp3) is 0.938. The van der Waals surface area contributed by atoms with Gasteiger partial charge in [0.1, 0.15) is 6.04 Å². The van der Waals surface area contributed by atoms with Crippen LogP contribution in [0.4, 0.5) is 0 Å². The van der Waals surface area contributed by atoms with Gasteiger partial charge in [-0.25, -0.2) is 0 Å². The first-order valence-corrected chi connectivity index (χ1v) is 8.11. The van der Waals surface area contributed by atoms with E-state index >= 15 is 0 Å². The average molecular weight is 249 g/mol. The number of fused-ring (bicyclic) bond motifs is 2. The Kier molecular flexibility index (Phi) is 3.15. The molecule has 0 N–H and O–H groups in total. The Morgan fingerprint density at radius 3 is 2.56 bits per heavy atom. The SMILES string of the molecule is CC[C@H]1CCC2=[N+]3[C@@H](CC)CC[C@H]3[C@@H](C)[C@@H](C)N21. The number of rotatable bonds is 2. The topological polar surface area (TPSA) is 6.25 Å². The van der Waals surface area contributed by atoms with Gasteiger partial charge >= 0.3 is 0 Å². The van der Waals surface area contributed by atoms with Crippen molar-refractivity contribution < 1.29 is 4.58 Å². The molecule has 3 heterocycles. The zero-order valence-corrected chi connectivity index (χ0v) is 12.5. The van der Waals surface area contributed by atoms with E-state index in [2.05, 4.69) is 37.2 Å². The molecule has 0 aromatic rings. The minimum absolute atomic E-state index is 0.754. The standard InChI is InChI=1S/C16H29N2/c1-5-13-8-10-16-17(13)12(4)11(3)15-9-7-14(6-2)18(15)16/h11-15H,5-10H2,1-4H3/q+1/t11-,12+,13-,14-,15-/m0/s1. The van der Waals surface area contributed by atoms with E-state index in [0.717, 1.165) is 30.1 Å². The Morgan fingerprint density at radius 1 is 1.11 bits per heavy atom. The first-order chi connectivity index (χ1) is 8.69. The zero-order chi connectivity index (χ0) is 12.9. The van der Waals surface area contributed by atoms with Crippen molar-refractivity contribution in [1.29, 1.82) is 0 Å². The highest BCUT2D eigenvalue weighted by atomic mass is 15.3. The van der Waals surface area contributed by atoms with Gasteiger partial charge in [-0.15, -0.1) is 0 Å². The fourth-order valence-corrected chi connectivity index (χ4v) is 4.81. The molecule has 5 atom stereocenters. The summed E-state index contributed by atoms with van der Waals surface area (Å²) < 4.78 is 2.85. The average Bonchev–Trinajstić information content (AvgIpc) is 2.98. The molecule has 3 aliphatic rings. The maximum atomic E-state index is 2.85. The molecule has 0 bridgehead atoms. The van der Waals surface area contributed by atoms with Crippen LogP contribution in [0.15, 0.2) is 0 Å². The molecule has 3 rings (SSSR count). The quantitative estimate of drug-likeness (QED) is 0.681. The van der Waals surface area contributed by atoms with Crippen molar-refractivity contribution in [2.24, 2.45) is 5.92 Å². The second kappa shape index (κ2) is 4.54. The van der Waals surface area contributed by atoms with E-state index in [9.17, 15) is 0 Å². The van der Waals surface area contributed by atoms with Crippen LogP contribution in [0.1, 0.15) is 66.2 Å². The molecule has 18 heavy (non-hydrogen) atoms. The number of amidine groups is 1. The lowest BCUT2D eigenvalue weighted by Crippen LogP contribution is -2.56. The van der Waals surface area contributed by atoms with Crippen LogP contribution >= 0.6 is 0 Å². The molecule has 2 heteroatoms. The first kappa shape index (κ1) is 12.5. The van der Waals surface area contributed by atoms with E-state index in [1.165, 1.54) is 38.5 Å². The molecule has 2 nitrogen and oxygen atoms in total. The minimum atomic E-state index is 0.754. The fourth-order valence-electron chi connectivity index (χ4n) is 4.81. The van der Waals surface area contributed by atoms with Crippen molar-refractivity contribution in [3.63, 3.8) is 0 Å². The zero-order valence-electron chi connectivity index (χ0n) is 12.5. The second-order valence-electron chi connectivity index (χ2n) is 6.64. The van der Waals surface area contributed by atoms with Crippen molar-refractivity contribution in [2.75, 3.05) is 0 Å². The molecule has 0 radical (unpaired) electrons. The van der Waals surface area contributed by atoms with Gasteiger partial charge in [0.05, 0.1) is 24.5 Å². The Labute approximate surface area is 112 Å². The summed E-state index contributed by atoms with van der Waals surface area (Å²) in [6.07, 6.45) is 8.22. The molecule has 2 fully saturated rings. The van der Waals surface area contributed by atoms with Gasteiger partial charge in [0.15, 0.2) is 0 Å². The van der Waals surface area contributed by atoms with Crippen LogP contribution in [0.3, 0.4) is 0 Å². The number of hydrogen-bond acceptors (Lipinski definition) is 1. The molecule has 0 aliphatic carbocycles. The highest BCUT2D eigenvalue weighted by Crippen LogP contribution is 2.39. The van der Waals surface area contributed by atoms with Crippen LogP contribution in [-0.4, -0.2) is 39.5 Å². The van der Waals surface area contributed by atoms with Crippen molar-refractivity contribution in [2.45, 2.75) is 90.4 Å². The van der Waals surface area contributed by atoms with E-state index in [1.807, 2.05) is 0 Å². The van der Waals surface area contributed by atoms with Crippen LogP contribution < -0.4 is 0 Å². The molecule has 0 aromatic carbocycles. The third-order valence-electron chi connectivity index (χ3n) is 5.99. The van der Waals surface area contributed by atoms with E-state index < -0.39 is 0 Å². The van der Waals surface area contributed by atoms with Crippen LogP contribution in [0, 0.1) is 5.92 Å². The maximum Gasteiger partial charge on any atom is 0.247 e. The summed E-state index contributed by atoms with van der Waals surface area (Å²) in [7, 11) is 0. The number of nitrogens with zero attached hydrogens (tertiary/aromatic N) is 2. The highest BCUT2D eigenvalue weighted by molar-refractivity contribution is 5.81. The van der Waals surface area contributed by atoms with Gasteiger partial charge in [-0.2, -0.15) is 0 Å². The summed E-state index contributed by atoms with van der Waals surface area (Å²) in [6, 6.07) is 3.24. The predicted octanol–water partition coefficient (Wildman–Crippen LogP) is 3.25. The molecule has 0 spiro atoms. The summed E-state index contributed by atoms with van der Waals surface area (Å²) in [5.74, 6) is 2.54. The van der Waals surface area contributed by atoms with E-state index in [-0.39, 0.29) is 0 Å². The monoisotopic (exact) mass is 249 g/mol. The van der Waals surface area contributed by atoms with Gasteiger partial charge in [0, 0.05) is 5.92 Å². The normalized spacial score (nSPS) is 43.3. The Hall–Kier alpha value is -0.530. The first-order valence-electron chi connectivity index (χ1n) is 8.11. The van der Waals surface area contributed by atoms with E-state index in [1.54, 1.807) is 5.84 Å². The molecule has 0 amide bonds. The summed E-state index contributed by atoms with van der Waals surface area (Å²) in [5, 5.41) is 0. The summed E-state index contributed by atoms with van der Waals surface area (Å²) in [4.78, 5) is 2.80. The number of hydrogen-bond donors (Lipinski definition) is 0. The maximum absolute atomic E-state index is 2.85. The molecule has 102 valence electrons. The molecular formula is C16H29N2+. The lowest BCUT2D eigenvalue weighted by Gasteiger charge is -2.39. The van der Waals surface area contributed by atoms with Crippen molar-refractivity contribution in [3.05, 3.63) is 0 Å². The van der Waals surface area contributed by atoms with Gasteiger partial charge in [0.25, 0.3) is 0 Å². The van der Waals surface area contributed by atoms with Gasteiger partial charge in [0.2, 0.25) is 5.84 Å². The Balaban J connectivity index is 2.03. The largest absolute Gasteiger partial charge is 0.260 e. The smallest absolute Gasteiger partial charge is 0.247 e. The predicted molar refractivity (Wildman–Crippen MR) is 76.1 cm³/mol. The molecule has 0 aromatic heterocycles. The lowest BCUT2D eigenvalue weighted by molar-refractivity contribution is -0.598. The molecular weight excluding hydrogens is 220 g/mol. The highest BCUT2D eigenvalue weighted by Gasteiger charge is 2.52. The summed E-state index contributed by atoms with van der Waals surface area (Å²) >= 11 is 0. The van der Waals surface area contributed by atoms with Gasteiger partial charge in [-0.1, -0.05) is 20.8 Å². The molecule has 0 unspecified atom stereocenters. The van der Waals surface area contributed by atoms with Gasteiger partial charge < -0.3 is 0 Å². The van der Waals surface area contributed by atoms with Gasteiger partial charge in [-0.05, 0) is 39.0 Å². The second-order valence-corrected chi connectivity index (χ2v) is 6.64. The van der Waals surface area contributed by atoms with Crippen molar-refractivity contribution >= 4 is 5.84 Å². The van der Waals surface area contributed by atoms with Crippen LogP contribution in [-0.2, 0) is 0 Å². The third-order valence-corrected chi connectivity index (χ3v) is 5.99. The van der Waals surface area contributed by atoms with Crippen LogP contribution in [0.5, 0.6) is 0 Å². The van der Waals surface area contributed by atoms with E-state index in [4.69, 9.17) is 0 Å². The van der Waals surface area contributed by atoms with Crippen molar-refractivity contribution in [1.82, 2.24) is 4.90 Å². The van der Waals surface area contributed by atoms with Crippen molar-refractivity contribution in [3.8, 4) is 0 Å². The third kappa shape index (κ3) is 1.57. The van der Waals surface area contributed by atoms with E-state index in [0.29, 0.717) is 0 Å². The molecule has 3 aliphatic heterocycles. The van der Waals surface area contributed by atoms with Crippen LogP contribution in [0.25, 0.3) is 0 Å². The summed E-state index contributed by atoms with van der Waals surface area (Å²) in [5.41, 5.74) is 0. The van der Waals surface area contributed by atoms with Gasteiger partial charge in [-0.3, -0.25) is 9.48 Å². The Bertz CT molecular complexity index is 360. The summed E-state index contributed by atoms with van der Waals surface area (Å²) in [6.45, 7) is 9.68. The minimum Gasteiger partial charge on any atom is -0.260 e.